The number of hydrogen-bond donors (Lipinski definition) is 1. The normalized spacial score (nSPS) is 9.88. The molecule has 0 radical (unpaired) electrons. The van der Waals surface area contributed by atoms with Crippen LogP contribution in [0.5, 0.6) is 0 Å². The van der Waals surface area contributed by atoms with Crippen molar-refractivity contribution in [2.45, 2.75) is 13.2 Å². The fourth-order valence-electron chi connectivity index (χ4n) is 1.41. The number of nitrogens with zero attached hydrogens (tertiary/aromatic N) is 2. The van der Waals surface area contributed by atoms with Crippen LogP contribution in [0.1, 0.15) is 11.3 Å². The average Bonchev–Trinajstić information content (AvgIpc) is 2.69. The summed E-state index contributed by atoms with van der Waals surface area (Å²) in [6, 6.07) is 7.63. The fourth-order valence-corrected chi connectivity index (χ4v) is 1.53. The SMILES string of the molecule is Cl.OCc1cncn1Cc1ccc(Cl)cc1. The molecule has 1 aromatic carbocycles. The van der Waals surface area contributed by atoms with E-state index in [4.69, 9.17) is 16.7 Å². The van der Waals surface area contributed by atoms with Gasteiger partial charge in [0.1, 0.15) is 0 Å². The van der Waals surface area contributed by atoms with Gasteiger partial charge in [-0.25, -0.2) is 4.98 Å². The van der Waals surface area contributed by atoms with E-state index >= 15 is 0 Å². The second-order valence-corrected chi connectivity index (χ2v) is 3.73. The summed E-state index contributed by atoms with van der Waals surface area (Å²) >= 11 is 5.79. The van der Waals surface area contributed by atoms with Gasteiger partial charge < -0.3 is 9.67 Å². The van der Waals surface area contributed by atoms with E-state index in [2.05, 4.69) is 4.98 Å². The van der Waals surface area contributed by atoms with Crippen molar-refractivity contribution < 1.29 is 5.11 Å². The molecule has 0 saturated carbocycles. The lowest BCUT2D eigenvalue weighted by atomic mass is 10.2. The second kappa shape index (κ2) is 5.89. The van der Waals surface area contributed by atoms with Crippen LogP contribution < -0.4 is 0 Å². The van der Waals surface area contributed by atoms with Gasteiger partial charge in [-0.3, -0.25) is 0 Å². The smallest absolute Gasteiger partial charge is 0.0952 e. The molecule has 0 aliphatic heterocycles. The van der Waals surface area contributed by atoms with Crippen LogP contribution in [0.25, 0.3) is 0 Å². The molecule has 1 aromatic heterocycles. The van der Waals surface area contributed by atoms with Crippen molar-refractivity contribution in [3.05, 3.63) is 53.1 Å². The van der Waals surface area contributed by atoms with Gasteiger partial charge in [-0.15, -0.1) is 12.4 Å². The molecule has 0 aliphatic rings. The zero-order chi connectivity index (χ0) is 10.7. The topological polar surface area (TPSA) is 38.1 Å². The van der Waals surface area contributed by atoms with Gasteiger partial charge in [0.2, 0.25) is 0 Å². The number of aliphatic hydroxyl groups is 1. The Morgan fingerprint density at radius 2 is 1.94 bits per heavy atom. The minimum Gasteiger partial charge on any atom is -0.390 e. The van der Waals surface area contributed by atoms with Gasteiger partial charge in [0.05, 0.1) is 24.8 Å². The lowest BCUT2D eigenvalue weighted by molar-refractivity contribution is 0.271. The van der Waals surface area contributed by atoms with E-state index in [9.17, 15) is 0 Å². The lowest BCUT2D eigenvalue weighted by Crippen LogP contribution is -2.02. The molecule has 0 fully saturated rings. The molecule has 0 saturated heterocycles. The van der Waals surface area contributed by atoms with Gasteiger partial charge >= 0.3 is 0 Å². The molecular weight excluding hydrogens is 247 g/mol. The van der Waals surface area contributed by atoms with E-state index in [1.54, 1.807) is 12.5 Å². The highest BCUT2D eigenvalue weighted by Crippen LogP contribution is 2.11. The zero-order valence-electron chi connectivity index (χ0n) is 8.51. The molecule has 86 valence electrons. The molecule has 1 N–H and O–H groups in total. The van der Waals surface area contributed by atoms with Crippen molar-refractivity contribution in [2.24, 2.45) is 0 Å². The molecule has 0 spiro atoms. The lowest BCUT2D eigenvalue weighted by Gasteiger charge is -2.06. The highest BCUT2D eigenvalue weighted by atomic mass is 35.5. The molecule has 2 aromatic rings. The van der Waals surface area contributed by atoms with Crippen molar-refractivity contribution >= 4 is 24.0 Å². The van der Waals surface area contributed by atoms with Gasteiger partial charge in [-0.2, -0.15) is 0 Å². The zero-order valence-corrected chi connectivity index (χ0v) is 10.1. The Bertz CT molecular complexity index is 440. The maximum atomic E-state index is 9.05. The van der Waals surface area contributed by atoms with E-state index in [-0.39, 0.29) is 19.0 Å². The van der Waals surface area contributed by atoms with Crippen molar-refractivity contribution in [3.8, 4) is 0 Å². The van der Waals surface area contributed by atoms with Crippen LogP contribution in [0, 0.1) is 0 Å². The molecular formula is C11H12Cl2N2O. The minimum absolute atomic E-state index is 0. The molecule has 3 nitrogen and oxygen atoms in total. The van der Waals surface area contributed by atoms with Crippen LogP contribution in [0.3, 0.4) is 0 Å². The number of rotatable bonds is 3. The Balaban J connectivity index is 0.00000128. The molecule has 0 aliphatic carbocycles. The highest BCUT2D eigenvalue weighted by molar-refractivity contribution is 6.30. The predicted molar refractivity (Wildman–Crippen MR) is 66.0 cm³/mol. The minimum atomic E-state index is 0. The van der Waals surface area contributed by atoms with Crippen LogP contribution in [0.4, 0.5) is 0 Å². The maximum Gasteiger partial charge on any atom is 0.0952 e. The van der Waals surface area contributed by atoms with E-state index in [1.165, 1.54) is 0 Å². The fraction of sp³-hybridized carbons (Fsp3) is 0.182. The molecule has 0 atom stereocenters. The molecule has 0 amide bonds. The monoisotopic (exact) mass is 258 g/mol. The molecule has 16 heavy (non-hydrogen) atoms. The van der Waals surface area contributed by atoms with Crippen LogP contribution >= 0.6 is 24.0 Å². The van der Waals surface area contributed by atoms with Gasteiger partial charge in [0, 0.05) is 11.6 Å². The Hall–Kier alpha value is -1.03. The average molecular weight is 259 g/mol. The predicted octanol–water partition coefficient (Wildman–Crippen LogP) is 2.50. The Morgan fingerprint density at radius 3 is 2.56 bits per heavy atom. The molecule has 1 heterocycles. The number of imidazole rings is 1. The van der Waals surface area contributed by atoms with Crippen LogP contribution in [0.15, 0.2) is 36.8 Å². The van der Waals surface area contributed by atoms with E-state index < -0.39 is 0 Å². The summed E-state index contributed by atoms with van der Waals surface area (Å²) in [5.41, 5.74) is 1.94. The Kier molecular flexibility index (Phi) is 4.80. The van der Waals surface area contributed by atoms with Gasteiger partial charge in [-0.05, 0) is 17.7 Å². The van der Waals surface area contributed by atoms with Crippen molar-refractivity contribution in [2.75, 3.05) is 0 Å². The largest absolute Gasteiger partial charge is 0.390 e. The third-order valence-electron chi connectivity index (χ3n) is 2.23. The Labute approximate surface area is 105 Å². The third-order valence-corrected chi connectivity index (χ3v) is 2.48. The number of aromatic nitrogens is 2. The summed E-state index contributed by atoms with van der Waals surface area (Å²) in [5.74, 6) is 0. The van der Waals surface area contributed by atoms with E-state index in [1.807, 2.05) is 28.8 Å². The van der Waals surface area contributed by atoms with E-state index in [0.29, 0.717) is 6.54 Å². The first-order valence-corrected chi connectivity index (χ1v) is 5.01. The van der Waals surface area contributed by atoms with Gasteiger partial charge in [0.25, 0.3) is 0 Å². The van der Waals surface area contributed by atoms with E-state index in [0.717, 1.165) is 16.3 Å². The maximum absolute atomic E-state index is 9.05. The third kappa shape index (κ3) is 2.98. The Morgan fingerprint density at radius 1 is 1.25 bits per heavy atom. The number of benzene rings is 1. The van der Waals surface area contributed by atoms with Gasteiger partial charge in [0.15, 0.2) is 0 Å². The number of hydrogen-bond acceptors (Lipinski definition) is 2. The van der Waals surface area contributed by atoms with Crippen LogP contribution in [-0.4, -0.2) is 14.7 Å². The molecule has 0 unspecified atom stereocenters. The van der Waals surface area contributed by atoms with Crippen molar-refractivity contribution in [1.82, 2.24) is 9.55 Å². The number of halogens is 2. The summed E-state index contributed by atoms with van der Waals surface area (Å²) in [6.07, 6.45) is 3.37. The first-order valence-electron chi connectivity index (χ1n) is 4.64. The summed E-state index contributed by atoms with van der Waals surface area (Å²) in [4.78, 5) is 3.98. The summed E-state index contributed by atoms with van der Waals surface area (Å²) in [5, 5.41) is 9.78. The van der Waals surface area contributed by atoms with Crippen LogP contribution in [-0.2, 0) is 13.2 Å². The molecule has 2 rings (SSSR count). The summed E-state index contributed by atoms with van der Waals surface area (Å²) < 4.78 is 1.91. The number of aliphatic hydroxyl groups excluding tert-OH is 1. The first-order chi connectivity index (χ1) is 7.29. The first kappa shape index (κ1) is 13.0. The van der Waals surface area contributed by atoms with Crippen molar-refractivity contribution in [3.63, 3.8) is 0 Å². The second-order valence-electron chi connectivity index (χ2n) is 3.30. The molecule has 5 heteroatoms. The van der Waals surface area contributed by atoms with Crippen molar-refractivity contribution in [1.29, 1.82) is 0 Å². The quantitative estimate of drug-likeness (QED) is 0.919. The summed E-state index contributed by atoms with van der Waals surface area (Å²) in [7, 11) is 0. The summed E-state index contributed by atoms with van der Waals surface area (Å²) in [6.45, 7) is 0.709. The van der Waals surface area contributed by atoms with Crippen LogP contribution in [0.2, 0.25) is 5.02 Å². The highest BCUT2D eigenvalue weighted by Gasteiger charge is 2.01. The molecule has 0 bridgehead atoms. The standard InChI is InChI=1S/C11H11ClN2O.ClH/c12-10-3-1-9(2-4-10)6-14-8-13-5-11(14)7-15;/h1-5,8,15H,6-7H2;1H. The van der Waals surface area contributed by atoms with Gasteiger partial charge in [-0.1, -0.05) is 23.7 Å².